The van der Waals surface area contributed by atoms with Gasteiger partial charge in [0.15, 0.2) is 6.61 Å². The third kappa shape index (κ3) is 5.98. The average molecular weight is 322 g/mol. The van der Waals surface area contributed by atoms with Gasteiger partial charge in [-0.2, -0.15) is 0 Å². The van der Waals surface area contributed by atoms with Gasteiger partial charge in [0.2, 0.25) is 5.91 Å². The Labute approximate surface area is 135 Å². The van der Waals surface area contributed by atoms with Gasteiger partial charge in [0.25, 0.3) is 5.91 Å². The second-order valence-electron chi connectivity index (χ2n) is 4.69. The number of benzene rings is 1. The SMILES string of the molecule is CCNC(=O)[C@H](C)NC(=O)COC(=O)c1ccccc1OCC. The third-order valence-electron chi connectivity index (χ3n) is 2.86. The standard InChI is InChI=1S/C16H22N2O5/c1-4-17-15(20)11(3)18-14(19)10-23-16(21)12-8-6-7-9-13(12)22-5-2/h6-9,11H,4-5,10H2,1-3H3,(H,17,20)(H,18,19)/t11-/m0/s1. The van der Waals surface area contributed by atoms with Gasteiger partial charge in [0.05, 0.1) is 6.61 Å². The van der Waals surface area contributed by atoms with Crippen molar-refractivity contribution in [2.24, 2.45) is 0 Å². The fraction of sp³-hybridized carbons (Fsp3) is 0.438. The molecule has 23 heavy (non-hydrogen) atoms. The molecule has 1 aromatic rings. The molecule has 7 nitrogen and oxygen atoms in total. The highest BCUT2D eigenvalue weighted by molar-refractivity contribution is 5.94. The molecule has 0 fully saturated rings. The molecule has 2 amide bonds. The van der Waals surface area contributed by atoms with Gasteiger partial charge in [0.1, 0.15) is 17.4 Å². The molecule has 0 aromatic heterocycles. The second-order valence-corrected chi connectivity index (χ2v) is 4.69. The van der Waals surface area contributed by atoms with Crippen molar-refractivity contribution in [3.05, 3.63) is 29.8 Å². The lowest BCUT2D eigenvalue weighted by molar-refractivity contribution is -0.130. The van der Waals surface area contributed by atoms with Gasteiger partial charge in [-0.25, -0.2) is 4.79 Å². The van der Waals surface area contributed by atoms with Crippen LogP contribution in [0.5, 0.6) is 5.75 Å². The lowest BCUT2D eigenvalue weighted by Crippen LogP contribution is -2.46. The van der Waals surface area contributed by atoms with Crippen molar-refractivity contribution in [1.82, 2.24) is 10.6 Å². The Kier molecular flexibility index (Phi) is 7.59. The van der Waals surface area contributed by atoms with E-state index in [4.69, 9.17) is 9.47 Å². The summed E-state index contributed by atoms with van der Waals surface area (Å²) in [6.45, 7) is 5.55. The first-order chi connectivity index (χ1) is 11.0. The summed E-state index contributed by atoms with van der Waals surface area (Å²) in [5.74, 6) is -1.11. The fourth-order valence-electron chi connectivity index (χ4n) is 1.80. The molecule has 1 aromatic carbocycles. The first-order valence-electron chi connectivity index (χ1n) is 7.45. The zero-order valence-corrected chi connectivity index (χ0v) is 13.5. The Morgan fingerprint density at radius 1 is 1.17 bits per heavy atom. The van der Waals surface area contributed by atoms with Gasteiger partial charge in [-0.05, 0) is 32.9 Å². The van der Waals surface area contributed by atoms with Crippen LogP contribution in [0, 0.1) is 0 Å². The van der Waals surface area contributed by atoms with E-state index < -0.39 is 24.5 Å². The predicted molar refractivity (Wildman–Crippen MR) is 84.2 cm³/mol. The number of carbonyl (C=O) groups is 3. The van der Waals surface area contributed by atoms with E-state index in [1.165, 1.54) is 0 Å². The summed E-state index contributed by atoms with van der Waals surface area (Å²) >= 11 is 0. The lowest BCUT2D eigenvalue weighted by atomic mass is 10.2. The van der Waals surface area contributed by atoms with Gasteiger partial charge in [-0.15, -0.1) is 0 Å². The van der Waals surface area contributed by atoms with Crippen LogP contribution in [-0.2, 0) is 14.3 Å². The minimum atomic E-state index is -0.697. The zero-order chi connectivity index (χ0) is 17.2. The Morgan fingerprint density at radius 3 is 2.52 bits per heavy atom. The number of amides is 2. The summed E-state index contributed by atoms with van der Waals surface area (Å²) in [5.41, 5.74) is 0.249. The van der Waals surface area contributed by atoms with E-state index in [-0.39, 0.29) is 11.5 Å². The molecule has 126 valence electrons. The number of rotatable bonds is 8. The Morgan fingerprint density at radius 2 is 1.87 bits per heavy atom. The Balaban J connectivity index is 2.53. The monoisotopic (exact) mass is 322 g/mol. The minimum Gasteiger partial charge on any atom is -0.493 e. The number of ether oxygens (including phenoxy) is 2. The number of carbonyl (C=O) groups excluding carboxylic acids is 3. The van der Waals surface area contributed by atoms with E-state index in [1.54, 1.807) is 45.0 Å². The van der Waals surface area contributed by atoms with Crippen molar-refractivity contribution in [1.29, 1.82) is 0 Å². The highest BCUT2D eigenvalue weighted by Gasteiger charge is 2.18. The molecule has 0 aliphatic rings. The number of nitrogens with one attached hydrogen (secondary N) is 2. The molecule has 0 saturated heterocycles. The molecule has 0 heterocycles. The molecule has 0 aliphatic carbocycles. The molecule has 0 aliphatic heterocycles. The van der Waals surface area contributed by atoms with Crippen LogP contribution in [-0.4, -0.2) is 43.6 Å². The molecule has 1 rings (SSSR count). The molecule has 1 atom stereocenters. The molecule has 0 radical (unpaired) electrons. The van der Waals surface area contributed by atoms with Crippen molar-refractivity contribution in [2.75, 3.05) is 19.8 Å². The maximum atomic E-state index is 12.0. The van der Waals surface area contributed by atoms with Crippen molar-refractivity contribution in [2.45, 2.75) is 26.8 Å². The third-order valence-corrected chi connectivity index (χ3v) is 2.86. The summed E-state index contributed by atoms with van der Waals surface area (Å²) in [4.78, 5) is 35.2. The minimum absolute atomic E-state index is 0.249. The molecule has 0 spiro atoms. The van der Waals surface area contributed by atoms with E-state index in [0.717, 1.165) is 0 Å². The van der Waals surface area contributed by atoms with Crippen LogP contribution in [0.3, 0.4) is 0 Å². The molecule has 2 N–H and O–H groups in total. The molecule has 0 bridgehead atoms. The van der Waals surface area contributed by atoms with Crippen molar-refractivity contribution in [3.63, 3.8) is 0 Å². The largest absolute Gasteiger partial charge is 0.493 e. The van der Waals surface area contributed by atoms with Crippen LogP contribution < -0.4 is 15.4 Å². The van der Waals surface area contributed by atoms with Crippen molar-refractivity contribution < 1.29 is 23.9 Å². The quantitative estimate of drug-likeness (QED) is 0.693. The summed E-state index contributed by atoms with van der Waals surface area (Å²) < 4.78 is 10.3. The molecule has 7 heteroatoms. The van der Waals surface area contributed by atoms with Crippen LogP contribution in [0.4, 0.5) is 0 Å². The molecular weight excluding hydrogens is 300 g/mol. The van der Waals surface area contributed by atoms with E-state index in [2.05, 4.69) is 10.6 Å². The van der Waals surface area contributed by atoms with Crippen LogP contribution >= 0.6 is 0 Å². The van der Waals surface area contributed by atoms with Gasteiger partial charge in [-0.3, -0.25) is 9.59 Å². The normalized spacial score (nSPS) is 11.3. The first kappa shape index (κ1) is 18.5. The number of esters is 1. The van der Waals surface area contributed by atoms with E-state index in [9.17, 15) is 14.4 Å². The van der Waals surface area contributed by atoms with Gasteiger partial charge >= 0.3 is 5.97 Å². The molecule has 0 unspecified atom stereocenters. The topological polar surface area (TPSA) is 93.7 Å². The Hall–Kier alpha value is -2.57. The number of likely N-dealkylation sites (N-methyl/N-ethyl adjacent to an activating group) is 1. The van der Waals surface area contributed by atoms with Crippen LogP contribution in [0.2, 0.25) is 0 Å². The van der Waals surface area contributed by atoms with E-state index in [1.807, 2.05) is 0 Å². The number of para-hydroxylation sites is 1. The Bertz CT molecular complexity index is 559. The maximum absolute atomic E-state index is 12.0. The maximum Gasteiger partial charge on any atom is 0.342 e. The second kappa shape index (κ2) is 9.45. The summed E-state index contributed by atoms with van der Waals surface area (Å²) in [5, 5.41) is 5.04. The van der Waals surface area contributed by atoms with Gasteiger partial charge in [0, 0.05) is 6.54 Å². The van der Waals surface area contributed by atoms with Crippen LogP contribution in [0.15, 0.2) is 24.3 Å². The smallest absolute Gasteiger partial charge is 0.342 e. The molecular formula is C16H22N2O5. The van der Waals surface area contributed by atoms with Crippen LogP contribution in [0.1, 0.15) is 31.1 Å². The van der Waals surface area contributed by atoms with E-state index in [0.29, 0.717) is 18.9 Å². The lowest BCUT2D eigenvalue weighted by Gasteiger charge is -2.14. The number of hydrogen-bond acceptors (Lipinski definition) is 5. The van der Waals surface area contributed by atoms with Crippen LogP contribution in [0.25, 0.3) is 0 Å². The predicted octanol–water partition coefficient (Wildman–Crippen LogP) is 0.883. The highest BCUT2D eigenvalue weighted by Crippen LogP contribution is 2.18. The first-order valence-corrected chi connectivity index (χ1v) is 7.45. The van der Waals surface area contributed by atoms with Gasteiger partial charge < -0.3 is 20.1 Å². The zero-order valence-electron chi connectivity index (χ0n) is 13.5. The fourth-order valence-corrected chi connectivity index (χ4v) is 1.80. The van der Waals surface area contributed by atoms with Crippen molar-refractivity contribution >= 4 is 17.8 Å². The van der Waals surface area contributed by atoms with Crippen molar-refractivity contribution in [3.8, 4) is 5.75 Å². The number of hydrogen-bond donors (Lipinski definition) is 2. The highest BCUT2D eigenvalue weighted by atomic mass is 16.5. The summed E-state index contributed by atoms with van der Waals surface area (Å²) in [6, 6.07) is 5.93. The summed E-state index contributed by atoms with van der Waals surface area (Å²) in [7, 11) is 0. The average Bonchev–Trinajstić information content (AvgIpc) is 2.53. The summed E-state index contributed by atoms with van der Waals surface area (Å²) in [6.07, 6.45) is 0. The van der Waals surface area contributed by atoms with Gasteiger partial charge in [-0.1, -0.05) is 12.1 Å². The van der Waals surface area contributed by atoms with E-state index >= 15 is 0 Å². The molecule has 0 saturated carbocycles.